The Labute approximate surface area is 198 Å². The van der Waals surface area contributed by atoms with Crippen LogP contribution < -0.4 is 15.4 Å². The number of ketones is 1. The van der Waals surface area contributed by atoms with E-state index in [-0.39, 0.29) is 5.78 Å². The monoisotopic (exact) mass is 451 g/mol. The highest BCUT2D eigenvalue weighted by molar-refractivity contribution is 6.01. The summed E-state index contributed by atoms with van der Waals surface area (Å²) in [6.07, 6.45) is 1.83. The van der Waals surface area contributed by atoms with Gasteiger partial charge < -0.3 is 10.5 Å². The van der Waals surface area contributed by atoms with Crippen molar-refractivity contribution in [2.75, 3.05) is 11.5 Å². The lowest BCUT2D eigenvalue weighted by atomic mass is 9.75. The Kier molecular flexibility index (Phi) is 5.64. The van der Waals surface area contributed by atoms with Gasteiger partial charge in [0.05, 0.1) is 29.9 Å². The van der Waals surface area contributed by atoms with Crippen LogP contribution in [-0.2, 0) is 4.79 Å². The average Bonchev–Trinajstić information content (AvgIpc) is 3.34. The van der Waals surface area contributed by atoms with Crippen LogP contribution in [0.15, 0.2) is 83.3 Å². The van der Waals surface area contributed by atoms with E-state index < -0.39 is 5.92 Å². The first-order valence-electron chi connectivity index (χ1n) is 11.4. The summed E-state index contributed by atoms with van der Waals surface area (Å²) in [6.45, 7) is 2.39. The highest BCUT2D eigenvalue weighted by atomic mass is 16.5. The lowest BCUT2D eigenvalue weighted by molar-refractivity contribution is -0.116. The van der Waals surface area contributed by atoms with Gasteiger partial charge in [-0.25, -0.2) is 0 Å². The van der Waals surface area contributed by atoms with Gasteiger partial charge in [-0.2, -0.15) is 10.4 Å². The first-order valence-corrected chi connectivity index (χ1v) is 11.4. The van der Waals surface area contributed by atoms with Crippen molar-refractivity contribution in [2.45, 2.75) is 32.1 Å². The predicted molar refractivity (Wildman–Crippen MR) is 130 cm³/mol. The molecule has 2 aromatic carbocycles. The van der Waals surface area contributed by atoms with Crippen molar-refractivity contribution in [3.8, 4) is 23.1 Å². The van der Waals surface area contributed by atoms with Gasteiger partial charge in [0.2, 0.25) is 0 Å². The number of para-hydroxylation sites is 1. The molecule has 1 aromatic heterocycles. The number of Topliss-reactive ketones (excluding diaryl/α,β-unsaturated/α-hetero) is 1. The van der Waals surface area contributed by atoms with E-state index in [1.165, 1.54) is 0 Å². The smallest absolute Gasteiger partial charge is 0.161 e. The van der Waals surface area contributed by atoms with Gasteiger partial charge in [0.25, 0.3) is 0 Å². The summed E-state index contributed by atoms with van der Waals surface area (Å²) in [5.74, 6) is 0.961. The lowest BCUT2D eigenvalue weighted by Gasteiger charge is -2.38. The topological polar surface area (TPSA) is 108 Å². The third-order valence-corrected chi connectivity index (χ3v) is 6.32. The molecule has 1 aliphatic heterocycles. The molecule has 1 unspecified atom stereocenters. The van der Waals surface area contributed by atoms with Crippen molar-refractivity contribution < 1.29 is 9.53 Å². The summed E-state index contributed by atoms with van der Waals surface area (Å²) in [7, 11) is 0. The number of nitrogens with two attached hydrogens (primary N) is 1. The van der Waals surface area contributed by atoms with Crippen LogP contribution in [0, 0.1) is 11.3 Å². The molecule has 1 aliphatic carbocycles. The molecule has 2 aliphatic rings. The molecule has 0 radical (unpaired) electrons. The molecule has 0 amide bonds. The van der Waals surface area contributed by atoms with Crippen molar-refractivity contribution in [3.05, 3.63) is 88.9 Å². The number of nitrogens with zero attached hydrogens (tertiary/aromatic N) is 3. The Bertz CT molecular complexity index is 1350. The van der Waals surface area contributed by atoms with Gasteiger partial charge >= 0.3 is 0 Å². The van der Waals surface area contributed by atoms with Crippen LogP contribution in [0.5, 0.6) is 5.75 Å². The van der Waals surface area contributed by atoms with E-state index in [2.05, 4.69) is 16.3 Å². The molecule has 1 atom stereocenters. The van der Waals surface area contributed by atoms with Crippen LogP contribution in [-0.4, -0.2) is 22.6 Å². The zero-order valence-corrected chi connectivity index (χ0v) is 18.9. The highest BCUT2D eigenvalue weighted by Gasteiger charge is 2.41. The second kappa shape index (κ2) is 8.91. The molecule has 0 fully saturated rings. The third kappa shape index (κ3) is 3.54. The van der Waals surface area contributed by atoms with Gasteiger partial charge in [0.15, 0.2) is 11.6 Å². The molecule has 170 valence electrons. The molecule has 0 bridgehead atoms. The summed E-state index contributed by atoms with van der Waals surface area (Å²) in [4.78, 5) is 15.1. The van der Waals surface area contributed by atoms with E-state index in [0.717, 1.165) is 28.9 Å². The van der Waals surface area contributed by atoms with Crippen molar-refractivity contribution in [3.63, 3.8) is 0 Å². The number of carbonyl (C=O) groups excluding carboxylic acids is 1. The molecule has 3 N–H and O–H groups in total. The number of aromatic nitrogens is 2. The number of nitrogens with one attached hydrogen (secondary N) is 1. The Balaban J connectivity index is 1.68. The Morgan fingerprint density at radius 3 is 2.71 bits per heavy atom. The normalized spacial score (nSPS) is 18.1. The number of ether oxygens (including phenoxy) is 1. The van der Waals surface area contributed by atoms with Crippen molar-refractivity contribution >= 4 is 11.6 Å². The average molecular weight is 452 g/mol. The molecule has 34 heavy (non-hydrogen) atoms. The largest absolute Gasteiger partial charge is 0.494 e. The van der Waals surface area contributed by atoms with Gasteiger partial charge in [-0.15, -0.1) is 0 Å². The van der Waals surface area contributed by atoms with Crippen LogP contribution in [0.3, 0.4) is 0 Å². The number of benzene rings is 2. The minimum absolute atomic E-state index is 0.0293. The molecule has 7 nitrogen and oxygen atoms in total. The molecule has 7 heteroatoms. The molecule has 0 saturated heterocycles. The maximum Gasteiger partial charge on any atom is 0.161 e. The van der Waals surface area contributed by atoms with Gasteiger partial charge in [0.1, 0.15) is 11.6 Å². The van der Waals surface area contributed by atoms with Crippen LogP contribution in [0.25, 0.3) is 11.3 Å². The van der Waals surface area contributed by atoms with Crippen molar-refractivity contribution in [2.24, 2.45) is 5.73 Å². The first kappa shape index (κ1) is 21.5. The standard InChI is InChI=1S/C27H25N5O2/c1-2-34-23-14-7-6-11-18(23)25-19(16-28)27(29)32(21-12-8-13-22(33)26(21)25)24-15-20(30-31-24)17-9-4-3-5-10-17/h3-7,9-11,14-15,25H,2,8,12-13,29H2,1H3,(H,30,31). The van der Waals surface area contributed by atoms with Gasteiger partial charge in [-0.05, 0) is 31.4 Å². The maximum absolute atomic E-state index is 13.3. The fourth-order valence-corrected chi connectivity index (χ4v) is 4.86. The number of allylic oxidation sites excluding steroid dienone is 3. The molecule has 0 spiro atoms. The van der Waals surface area contributed by atoms with Crippen LogP contribution in [0.4, 0.5) is 5.82 Å². The van der Waals surface area contributed by atoms with Gasteiger partial charge in [-0.1, -0.05) is 48.5 Å². The van der Waals surface area contributed by atoms with E-state index in [4.69, 9.17) is 10.5 Å². The number of hydrogen-bond acceptors (Lipinski definition) is 6. The Hall–Kier alpha value is -4.31. The quantitative estimate of drug-likeness (QED) is 0.578. The van der Waals surface area contributed by atoms with E-state index in [1.807, 2.05) is 67.6 Å². The molecule has 0 saturated carbocycles. The lowest BCUT2D eigenvalue weighted by Crippen LogP contribution is -2.39. The zero-order chi connectivity index (χ0) is 23.7. The summed E-state index contributed by atoms with van der Waals surface area (Å²) in [6, 6.07) is 21.6. The maximum atomic E-state index is 13.3. The number of H-pyrrole nitrogens is 1. The molecule has 5 rings (SSSR count). The second-order valence-electron chi connectivity index (χ2n) is 8.29. The van der Waals surface area contributed by atoms with Gasteiger partial charge in [-0.3, -0.25) is 14.8 Å². The predicted octanol–water partition coefficient (Wildman–Crippen LogP) is 4.78. The molecule has 3 aromatic rings. The summed E-state index contributed by atoms with van der Waals surface area (Å²) < 4.78 is 5.86. The van der Waals surface area contributed by atoms with E-state index in [0.29, 0.717) is 48.0 Å². The first-order chi connectivity index (χ1) is 16.6. The Morgan fingerprint density at radius 2 is 1.94 bits per heavy atom. The Morgan fingerprint density at radius 1 is 1.18 bits per heavy atom. The summed E-state index contributed by atoms with van der Waals surface area (Å²) >= 11 is 0. The number of nitriles is 1. The number of anilines is 1. The minimum atomic E-state index is -0.570. The number of aromatic amines is 1. The van der Waals surface area contributed by atoms with E-state index >= 15 is 0 Å². The van der Waals surface area contributed by atoms with Crippen molar-refractivity contribution in [1.29, 1.82) is 5.26 Å². The van der Waals surface area contributed by atoms with E-state index in [9.17, 15) is 10.1 Å². The summed E-state index contributed by atoms with van der Waals surface area (Å²) in [5, 5.41) is 17.8. The van der Waals surface area contributed by atoms with E-state index in [1.54, 1.807) is 4.90 Å². The van der Waals surface area contributed by atoms with Crippen molar-refractivity contribution in [1.82, 2.24) is 10.2 Å². The minimum Gasteiger partial charge on any atom is -0.494 e. The fraction of sp³-hybridized carbons (Fsp3) is 0.222. The van der Waals surface area contributed by atoms with Crippen LogP contribution in [0.1, 0.15) is 37.7 Å². The fourth-order valence-electron chi connectivity index (χ4n) is 4.86. The SMILES string of the molecule is CCOc1ccccc1C1C(C#N)=C(N)N(c2cc(-c3ccccc3)[nH]n2)C2=C1C(=O)CCC2. The molecular weight excluding hydrogens is 426 g/mol. The number of carbonyl (C=O) groups is 1. The highest BCUT2D eigenvalue weighted by Crippen LogP contribution is 2.48. The van der Waals surface area contributed by atoms with Crippen LogP contribution in [0.2, 0.25) is 0 Å². The van der Waals surface area contributed by atoms with Gasteiger partial charge in [0, 0.05) is 29.3 Å². The number of hydrogen-bond donors (Lipinski definition) is 2. The summed E-state index contributed by atoms with van der Waals surface area (Å²) in [5.41, 5.74) is 11.0. The third-order valence-electron chi connectivity index (χ3n) is 6.32. The number of rotatable bonds is 5. The van der Waals surface area contributed by atoms with Crippen LogP contribution >= 0.6 is 0 Å². The molecule has 2 heterocycles. The zero-order valence-electron chi connectivity index (χ0n) is 18.9. The second-order valence-corrected chi connectivity index (χ2v) is 8.29. The molecular formula is C27H25N5O2.